The fourth-order valence-corrected chi connectivity index (χ4v) is 1.30. The molecule has 1 aromatic carbocycles. The summed E-state index contributed by atoms with van der Waals surface area (Å²) < 4.78 is 4.87. The van der Waals surface area contributed by atoms with Crippen LogP contribution in [0.15, 0.2) is 24.3 Å². The van der Waals surface area contributed by atoms with Crippen LogP contribution in [0, 0.1) is 6.92 Å². The molecule has 0 aliphatic carbocycles. The summed E-state index contributed by atoms with van der Waals surface area (Å²) in [7, 11) is 0. The Balaban J connectivity index is 2.72. The minimum Gasteiger partial charge on any atom is -0.464 e. The topological polar surface area (TPSA) is 46.5 Å². The van der Waals surface area contributed by atoms with Gasteiger partial charge in [0.15, 0.2) is 6.10 Å². The number of ether oxygens (including phenoxy) is 1. The normalized spacial score (nSPS) is 12.2. The molecule has 0 fully saturated rings. The molecule has 3 heteroatoms. The molecule has 1 atom stereocenters. The predicted molar refractivity (Wildman–Crippen MR) is 57.4 cm³/mol. The van der Waals surface area contributed by atoms with Crippen LogP contribution in [0.25, 0.3) is 0 Å². The minimum atomic E-state index is -1.17. The number of hydrogen-bond acceptors (Lipinski definition) is 3. The zero-order chi connectivity index (χ0) is 11.3. The molecule has 0 radical (unpaired) electrons. The van der Waals surface area contributed by atoms with Gasteiger partial charge in [0.1, 0.15) is 0 Å². The molecule has 82 valence electrons. The second-order valence-corrected chi connectivity index (χ2v) is 3.43. The standard InChI is InChI=1S/C12H16O3/c1-3-8-15-12(14)11(13)10-7-5-4-6-9(10)2/h4-7,11,13H,3,8H2,1-2H3/t11-/m0/s1. The van der Waals surface area contributed by atoms with Crippen LogP contribution in [0.5, 0.6) is 0 Å². The minimum absolute atomic E-state index is 0.349. The molecule has 1 rings (SSSR count). The van der Waals surface area contributed by atoms with Crippen LogP contribution in [0.1, 0.15) is 30.6 Å². The molecule has 1 N–H and O–H groups in total. The van der Waals surface area contributed by atoms with E-state index in [9.17, 15) is 9.90 Å². The van der Waals surface area contributed by atoms with Gasteiger partial charge < -0.3 is 9.84 Å². The van der Waals surface area contributed by atoms with Crippen LogP contribution in [0.4, 0.5) is 0 Å². The average molecular weight is 208 g/mol. The first-order valence-electron chi connectivity index (χ1n) is 5.07. The first kappa shape index (κ1) is 11.7. The third kappa shape index (κ3) is 3.06. The summed E-state index contributed by atoms with van der Waals surface area (Å²) in [6.45, 7) is 4.11. The van der Waals surface area contributed by atoms with Gasteiger partial charge in [0.25, 0.3) is 0 Å². The fraction of sp³-hybridized carbons (Fsp3) is 0.417. The van der Waals surface area contributed by atoms with Crippen molar-refractivity contribution in [1.29, 1.82) is 0 Å². The second kappa shape index (κ2) is 5.51. The van der Waals surface area contributed by atoms with E-state index in [0.29, 0.717) is 12.2 Å². The Morgan fingerprint density at radius 1 is 1.47 bits per heavy atom. The fourth-order valence-electron chi connectivity index (χ4n) is 1.30. The number of hydrogen-bond donors (Lipinski definition) is 1. The van der Waals surface area contributed by atoms with Crippen LogP contribution in [0.2, 0.25) is 0 Å². The van der Waals surface area contributed by atoms with E-state index in [1.807, 2.05) is 26.0 Å². The summed E-state index contributed by atoms with van der Waals surface area (Å²) >= 11 is 0. The van der Waals surface area contributed by atoms with E-state index in [1.54, 1.807) is 12.1 Å². The van der Waals surface area contributed by atoms with Crippen LogP contribution in [0.3, 0.4) is 0 Å². The SMILES string of the molecule is CCCOC(=O)[C@@H](O)c1ccccc1C. The summed E-state index contributed by atoms with van der Waals surface area (Å²) in [4.78, 5) is 11.4. The molecular weight excluding hydrogens is 192 g/mol. The Kier molecular flexibility index (Phi) is 4.31. The quantitative estimate of drug-likeness (QED) is 0.769. The highest BCUT2D eigenvalue weighted by atomic mass is 16.5. The molecule has 0 aliphatic heterocycles. The van der Waals surface area contributed by atoms with Crippen molar-refractivity contribution in [2.24, 2.45) is 0 Å². The number of benzene rings is 1. The molecule has 0 aliphatic rings. The molecule has 15 heavy (non-hydrogen) atoms. The van der Waals surface area contributed by atoms with E-state index in [4.69, 9.17) is 4.74 Å². The Labute approximate surface area is 89.7 Å². The van der Waals surface area contributed by atoms with Crippen molar-refractivity contribution >= 4 is 5.97 Å². The van der Waals surface area contributed by atoms with Crippen molar-refractivity contribution in [3.05, 3.63) is 35.4 Å². The largest absolute Gasteiger partial charge is 0.464 e. The zero-order valence-electron chi connectivity index (χ0n) is 9.06. The molecule has 0 unspecified atom stereocenters. The molecule has 0 aromatic heterocycles. The summed E-state index contributed by atoms with van der Waals surface area (Å²) in [5.74, 6) is -0.578. The van der Waals surface area contributed by atoms with Gasteiger partial charge in [-0.2, -0.15) is 0 Å². The summed E-state index contributed by atoms with van der Waals surface area (Å²) in [6, 6.07) is 7.24. The van der Waals surface area contributed by atoms with E-state index in [0.717, 1.165) is 12.0 Å². The first-order valence-corrected chi connectivity index (χ1v) is 5.07. The summed E-state index contributed by atoms with van der Waals surface area (Å²) in [6.07, 6.45) is -0.413. The van der Waals surface area contributed by atoms with Gasteiger partial charge in [-0.3, -0.25) is 0 Å². The number of carbonyl (C=O) groups excluding carboxylic acids is 1. The van der Waals surface area contributed by atoms with E-state index in [1.165, 1.54) is 0 Å². The van der Waals surface area contributed by atoms with E-state index in [-0.39, 0.29) is 0 Å². The third-order valence-corrected chi connectivity index (χ3v) is 2.15. The predicted octanol–water partition coefficient (Wildman–Crippen LogP) is 1.98. The van der Waals surface area contributed by atoms with Gasteiger partial charge in [0.2, 0.25) is 0 Å². The maximum atomic E-state index is 11.4. The van der Waals surface area contributed by atoms with Crippen molar-refractivity contribution in [2.75, 3.05) is 6.61 Å². The van der Waals surface area contributed by atoms with Crippen LogP contribution in [-0.2, 0) is 9.53 Å². The first-order chi connectivity index (χ1) is 7.16. The summed E-state index contributed by atoms with van der Waals surface area (Å²) in [5.41, 5.74) is 1.50. The molecular formula is C12H16O3. The monoisotopic (exact) mass is 208 g/mol. The number of rotatable bonds is 4. The van der Waals surface area contributed by atoms with E-state index in [2.05, 4.69) is 0 Å². The van der Waals surface area contributed by atoms with Gasteiger partial charge in [0, 0.05) is 0 Å². The number of aliphatic hydroxyl groups excluding tert-OH is 1. The van der Waals surface area contributed by atoms with E-state index < -0.39 is 12.1 Å². The molecule has 0 saturated heterocycles. The van der Waals surface area contributed by atoms with Crippen LogP contribution >= 0.6 is 0 Å². The molecule has 0 heterocycles. The Hall–Kier alpha value is -1.35. The number of esters is 1. The maximum absolute atomic E-state index is 11.4. The molecule has 0 saturated carbocycles. The third-order valence-electron chi connectivity index (χ3n) is 2.15. The lowest BCUT2D eigenvalue weighted by Gasteiger charge is -2.12. The number of aliphatic hydroxyl groups is 1. The van der Waals surface area contributed by atoms with Crippen molar-refractivity contribution in [3.8, 4) is 0 Å². The Bertz CT molecular complexity index is 333. The highest BCUT2D eigenvalue weighted by molar-refractivity contribution is 5.76. The van der Waals surface area contributed by atoms with Crippen molar-refractivity contribution < 1.29 is 14.6 Å². The lowest BCUT2D eigenvalue weighted by atomic mass is 10.0. The lowest BCUT2D eigenvalue weighted by Crippen LogP contribution is -2.16. The van der Waals surface area contributed by atoms with Gasteiger partial charge >= 0.3 is 5.97 Å². The number of aryl methyl sites for hydroxylation is 1. The van der Waals surface area contributed by atoms with Crippen molar-refractivity contribution in [3.63, 3.8) is 0 Å². The van der Waals surface area contributed by atoms with Gasteiger partial charge in [-0.05, 0) is 24.5 Å². The smallest absolute Gasteiger partial charge is 0.339 e. The van der Waals surface area contributed by atoms with Gasteiger partial charge in [-0.25, -0.2) is 4.79 Å². The Morgan fingerprint density at radius 2 is 2.13 bits per heavy atom. The second-order valence-electron chi connectivity index (χ2n) is 3.43. The highest BCUT2D eigenvalue weighted by Gasteiger charge is 2.19. The van der Waals surface area contributed by atoms with Crippen molar-refractivity contribution in [2.45, 2.75) is 26.4 Å². The lowest BCUT2D eigenvalue weighted by molar-refractivity contribution is -0.154. The molecule has 0 amide bonds. The summed E-state index contributed by atoms with van der Waals surface area (Å²) in [5, 5.41) is 9.72. The van der Waals surface area contributed by atoms with E-state index >= 15 is 0 Å². The molecule has 3 nitrogen and oxygen atoms in total. The molecule has 0 bridgehead atoms. The molecule has 0 spiro atoms. The molecule has 1 aromatic rings. The van der Waals surface area contributed by atoms with Crippen molar-refractivity contribution in [1.82, 2.24) is 0 Å². The van der Waals surface area contributed by atoms with Gasteiger partial charge in [-0.15, -0.1) is 0 Å². The zero-order valence-corrected chi connectivity index (χ0v) is 9.06. The average Bonchev–Trinajstić information content (AvgIpc) is 2.25. The van der Waals surface area contributed by atoms with Crippen LogP contribution in [-0.4, -0.2) is 17.7 Å². The van der Waals surface area contributed by atoms with Gasteiger partial charge in [-0.1, -0.05) is 31.2 Å². The number of carbonyl (C=O) groups is 1. The van der Waals surface area contributed by atoms with Gasteiger partial charge in [0.05, 0.1) is 6.61 Å². The van der Waals surface area contributed by atoms with Crippen LogP contribution < -0.4 is 0 Å². The highest BCUT2D eigenvalue weighted by Crippen LogP contribution is 2.18. The Morgan fingerprint density at radius 3 is 2.73 bits per heavy atom. The maximum Gasteiger partial charge on any atom is 0.339 e.